The molecule has 0 N–H and O–H groups in total. The van der Waals surface area contributed by atoms with Crippen LogP contribution in [0.1, 0.15) is 50.3 Å². The number of hydrogen-bond donors (Lipinski definition) is 0. The second-order valence-electron chi connectivity index (χ2n) is 7.97. The molecule has 0 nitrogen and oxygen atoms in total. The maximum atomic E-state index is 3.78. The van der Waals surface area contributed by atoms with Crippen molar-refractivity contribution in [3.63, 3.8) is 0 Å². The quantitative estimate of drug-likeness (QED) is 0.244. The monoisotopic (exact) mass is 576 g/mol. The second-order valence-corrected chi connectivity index (χ2v) is 12.0. The predicted octanol–water partition coefficient (Wildman–Crippen LogP) is 11.5. The van der Waals surface area contributed by atoms with Gasteiger partial charge in [-0.2, -0.15) is 47.0 Å². The Balaban J connectivity index is -0.000000405. The van der Waals surface area contributed by atoms with E-state index in [2.05, 4.69) is 96.4 Å². The molecule has 0 aliphatic heterocycles. The smallest absolute Gasteiger partial charge is 0.0181 e. The Morgan fingerprint density at radius 3 is 1.30 bits per heavy atom. The highest BCUT2D eigenvalue weighted by molar-refractivity contribution is 7.99. The Hall–Kier alpha value is -1.20. The third kappa shape index (κ3) is 34.8. The highest BCUT2D eigenvalue weighted by Gasteiger charge is 1.89. The van der Waals surface area contributed by atoms with Crippen molar-refractivity contribution in [1.82, 2.24) is 0 Å². The van der Waals surface area contributed by atoms with E-state index in [9.17, 15) is 0 Å². The standard InChI is InChI=1S/C10H12S.C8H8.2C6H12S.C3H8S/c1-3-9-4-6-10(7-5-9)8-11-2;1-2-8-6-4-3-5-7-8;2*1-6(2)4-5-7-3;1-3-4-2/h3-7H,1,8H2,2H3;2-7H,1H2;2*1,4-5H2,2-3H3;3H2,1-2H3. The Morgan fingerprint density at radius 2 is 1.05 bits per heavy atom. The van der Waals surface area contributed by atoms with Crippen LogP contribution in [0.4, 0.5) is 0 Å². The molecule has 2 rings (SSSR count). The van der Waals surface area contributed by atoms with Crippen LogP contribution in [0.25, 0.3) is 12.2 Å². The summed E-state index contributed by atoms with van der Waals surface area (Å²) in [6, 6.07) is 18.5. The zero-order valence-electron chi connectivity index (χ0n) is 24.6. The molecule has 0 atom stereocenters. The molecule has 4 heteroatoms. The summed E-state index contributed by atoms with van der Waals surface area (Å²) in [6.45, 7) is 21.2. The van der Waals surface area contributed by atoms with Gasteiger partial charge in [-0.1, -0.05) is 98.0 Å². The van der Waals surface area contributed by atoms with Crippen LogP contribution in [-0.4, -0.2) is 42.3 Å². The van der Waals surface area contributed by atoms with Gasteiger partial charge < -0.3 is 0 Å². The van der Waals surface area contributed by atoms with E-state index >= 15 is 0 Å². The number of rotatable bonds is 11. The molecule has 0 heterocycles. The Bertz CT molecular complexity index is 760. The molecule has 37 heavy (non-hydrogen) atoms. The lowest BCUT2D eigenvalue weighted by Gasteiger charge is -1.97. The molecular formula is C33H52S4. The average molecular weight is 577 g/mol. The average Bonchev–Trinajstić information content (AvgIpc) is 2.93. The van der Waals surface area contributed by atoms with Gasteiger partial charge in [0.1, 0.15) is 0 Å². The minimum Gasteiger partial charge on any atom is -0.166 e. The van der Waals surface area contributed by atoms with E-state index in [1.807, 2.05) is 89.5 Å². The summed E-state index contributed by atoms with van der Waals surface area (Å²) in [5, 5.41) is 0. The minimum atomic E-state index is 1.09. The van der Waals surface area contributed by atoms with Crippen molar-refractivity contribution in [2.45, 2.75) is 39.4 Å². The molecular weight excluding hydrogens is 525 g/mol. The molecule has 208 valence electrons. The van der Waals surface area contributed by atoms with Crippen LogP contribution in [0.15, 0.2) is 92.1 Å². The van der Waals surface area contributed by atoms with Gasteiger partial charge in [0.15, 0.2) is 0 Å². The van der Waals surface area contributed by atoms with Gasteiger partial charge in [0.2, 0.25) is 0 Å². The SMILES string of the molecule is C=C(C)CCSC.C=C(C)CCSC.C=Cc1ccc(CSC)cc1.C=Cc1ccccc1.CCSC. The molecule has 0 saturated carbocycles. The van der Waals surface area contributed by atoms with Crippen LogP contribution >= 0.6 is 47.0 Å². The number of hydrogen-bond acceptors (Lipinski definition) is 4. The molecule has 2 aromatic rings. The van der Waals surface area contributed by atoms with E-state index in [1.165, 1.54) is 57.9 Å². The maximum absolute atomic E-state index is 3.78. The first-order chi connectivity index (χ1) is 17.7. The fourth-order valence-corrected chi connectivity index (χ4v) is 3.69. The molecule has 0 saturated heterocycles. The van der Waals surface area contributed by atoms with Crippen molar-refractivity contribution in [3.05, 3.63) is 109 Å². The van der Waals surface area contributed by atoms with Crippen molar-refractivity contribution in [3.8, 4) is 0 Å². The van der Waals surface area contributed by atoms with Crippen molar-refractivity contribution >= 4 is 59.2 Å². The molecule has 0 amide bonds. The summed E-state index contributed by atoms with van der Waals surface area (Å²) >= 11 is 7.44. The summed E-state index contributed by atoms with van der Waals surface area (Å²) in [5.74, 6) is 4.77. The van der Waals surface area contributed by atoms with E-state index in [0.29, 0.717) is 0 Å². The van der Waals surface area contributed by atoms with Gasteiger partial charge in [-0.05, 0) is 85.7 Å². The van der Waals surface area contributed by atoms with Crippen LogP contribution < -0.4 is 0 Å². The Morgan fingerprint density at radius 1 is 0.649 bits per heavy atom. The molecule has 0 unspecified atom stereocenters. The fourth-order valence-electron chi connectivity index (χ4n) is 2.06. The van der Waals surface area contributed by atoms with Crippen LogP contribution in [-0.2, 0) is 5.75 Å². The zero-order chi connectivity index (χ0) is 28.7. The maximum Gasteiger partial charge on any atom is 0.0181 e. The highest BCUT2D eigenvalue weighted by Crippen LogP contribution is 2.10. The molecule has 0 spiro atoms. The largest absolute Gasteiger partial charge is 0.166 e. The topological polar surface area (TPSA) is 0 Å². The summed E-state index contributed by atoms with van der Waals surface area (Å²) in [6.07, 6.45) is 14.5. The Labute approximate surface area is 248 Å². The molecule has 0 fully saturated rings. The van der Waals surface area contributed by atoms with Crippen LogP contribution in [0.3, 0.4) is 0 Å². The first-order valence-corrected chi connectivity index (χ1v) is 18.0. The number of benzene rings is 2. The van der Waals surface area contributed by atoms with Gasteiger partial charge in [0.25, 0.3) is 0 Å². The first-order valence-electron chi connectivity index (χ1n) is 12.4. The normalized spacial score (nSPS) is 8.84. The third-order valence-electron chi connectivity index (χ3n) is 4.32. The summed E-state index contributed by atoms with van der Waals surface area (Å²) < 4.78 is 0. The summed E-state index contributed by atoms with van der Waals surface area (Å²) in [7, 11) is 0. The van der Waals surface area contributed by atoms with Gasteiger partial charge in [-0.25, -0.2) is 0 Å². The summed E-state index contributed by atoms with van der Waals surface area (Å²) in [4.78, 5) is 0. The van der Waals surface area contributed by atoms with Crippen molar-refractivity contribution in [2.24, 2.45) is 0 Å². The van der Waals surface area contributed by atoms with E-state index in [-0.39, 0.29) is 0 Å². The Kier molecular flexibility index (Phi) is 35.8. The van der Waals surface area contributed by atoms with Crippen molar-refractivity contribution in [1.29, 1.82) is 0 Å². The van der Waals surface area contributed by atoms with Crippen molar-refractivity contribution < 1.29 is 0 Å². The second kappa shape index (κ2) is 32.8. The third-order valence-corrected chi connectivity index (χ3v) is 6.74. The van der Waals surface area contributed by atoms with E-state index in [4.69, 9.17) is 0 Å². The fraction of sp³-hybridized carbons (Fsp3) is 0.394. The molecule has 0 aliphatic carbocycles. The van der Waals surface area contributed by atoms with E-state index in [1.54, 1.807) is 0 Å². The zero-order valence-corrected chi connectivity index (χ0v) is 27.8. The molecule has 0 radical (unpaired) electrons. The van der Waals surface area contributed by atoms with Gasteiger partial charge in [0, 0.05) is 5.75 Å². The lowest BCUT2D eigenvalue weighted by molar-refractivity contribution is 1.13. The molecule has 0 aliphatic rings. The first kappa shape index (κ1) is 40.3. The molecule has 0 aromatic heterocycles. The predicted molar refractivity (Wildman–Crippen MR) is 190 cm³/mol. The number of allylic oxidation sites excluding steroid dienone is 2. The lowest BCUT2D eigenvalue weighted by atomic mass is 10.1. The molecule has 2 aromatic carbocycles. The van der Waals surface area contributed by atoms with Gasteiger partial charge >= 0.3 is 0 Å². The van der Waals surface area contributed by atoms with Gasteiger partial charge in [-0.15, -0.1) is 13.2 Å². The van der Waals surface area contributed by atoms with Crippen LogP contribution in [0.2, 0.25) is 0 Å². The van der Waals surface area contributed by atoms with Crippen LogP contribution in [0, 0.1) is 0 Å². The lowest BCUT2D eigenvalue weighted by Crippen LogP contribution is -1.78. The minimum absolute atomic E-state index is 1.09. The van der Waals surface area contributed by atoms with Gasteiger partial charge in [-0.3, -0.25) is 0 Å². The van der Waals surface area contributed by atoms with Crippen molar-refractivity contribution in [2.75, 3.05) is 42.3 Å². The molecule has 0 bridgehead atoms. The van der Waals surface area contributed by atoms with Gasteiger partial charge in [0.05, 0.1) is 0 Å². The van der Waals surface area contributed by atoms with Crippen LogP contribution in [0.5, 0.6) is 0 Å². The van der Waals surface area contributed by atoms with E-state index < -0.39 is 0 Å². The number of thioether (sulfide) groups is 4. The van der Waals surface area contributed by atoms with E-state index in [0.717, 1.165) is 5.75 Å². The highest BCUT2D eigenvalue weighted by atomic mass is 32.2. The summed E-state index contributed by atoms with van der Waals surface area (Å²) in [5.41, 5.74) is 6.31.